The fraction of sp³-hybridized carbons (Fsp3) is 0.463. The summed E-state index contributed by atoms with van der Waals surface area (Å²) in [7, 11) is -0.666. The number of rotatable bonds is 14. The minimum atomic E-state index is -4.23. The molecule has 0 aliphatic carbocycles. The Balaban J connectivity index is 1.52. The second kappa shape index (κ2) is 16.6. The lowest BCUT2D eigenvalue weighted by atomic mass is 9.96. The third kappa shape index (κ3) is 8.75. The number of phosphoric ester groups is 1. The van der Waals surface area contributed by atoms with Gasteiger partial charge in [0.05, 0.1) is 28.7 Å². The number of terminal acetylenes is 1. The minimum Gasteiger partial charge on any atom is -0.461 e. The highest BCUT2D eigenvalue weighted by Gasteiger charge is 2.41. The van der Waals surface area contributed by atoms with Gasteiger partial charge in [-0.15, -0.1) is 6.42 Å². The van der Waals surface area contributed by atoms with E-state index in [-0.39, 0.29) is 82.2 Å². The Morgan fingerprint density at radius 3 is 2.54 bits per heavy atom. The molecule has 16 heteroatoms. The molecule has 4 aromatic rings. The number of nitrogens with zero attached hydrogens (tertiary/aromatic N) is 6. The van der Waals surface area contributed by atoms with Crippen LogP contribution in [0.4, 0.5) is 19.0 Å². The molecule has 3 atom stereocenters. The number of fused-ring (bicyclic) bond motifs is 2. The molecule has 2 saturated heterocycles. The molecular weight excluding hydrogens is 760 g/mol. The molecule has 2 aliphatic rings. The van der Waals surface area contributed by atoms with Crippen molar-refractivity contribution in [3.63, 3.8) is 0 Å². The van der Waals surface area contributed by atoms with Crippen molar-refractivity contribution < 1.29 is 40.8 Å². The molecule has 2 fully saturated rings. The normalized spacial score (nSPS) is 20.2. The number of phosphoric acid groups is 1. The molecule has 0 radical (unpaired) electrons. The van der Waals surface area contributed by atoms with E-state index in [4.69, 9.17) is 29.7 Å². The van der Waals surface area contributed by atoms with Crippen molar-refractivity contribution in [2.24, 2.45) is 0 Å². The van der Waals surface area contributed by atoms with Gasteiger partial charge in [-0.1, -0.05) is 18.6 Å². The summed E-state index contributed by atoms with van der Waals surface area (Å²) in [6.45, 7) is 13.3. The number of anilines is 1. The van der Waals surface area contributed by atoms with E-state index in [1.165, 1.54) is 36.5 Å². The molecule has 0 spiro atoms. The summed E-state index contributed by atoms with van der Waals surface area (Å²) in [5.41, 5.74) is -1.28. The van der Waals surface area contributed by atoms with Crippen molar-refractivity contribution in [2.45, 2.75) is 83.8 Å². The van der Waals surface area contributed by atoms with Gasteiger partial charge in [-0.05, 0) is 84.2 Å². The van der Waals surface area contributed by atoms with Gasteiger partial charge in [-0.25, -0.2) is 17.7 Å². The van der Waals surface area contributed by atoms with Gasteiger partial charge in [0.2, 0.25) is 5.91 Å². The zero-order chi connectivity index (χ0) is 41.4. The Bertz CT molecular complexity index is 2270. The molecule has 57 heavy (non-hydrogen) atoms. The number of hydrogen-bond donors (Lipinski definition) is 0. The number of likely N-dealkylation sites (N-methyl/N-ethyl adjacent to an activating group) is 2. The summed E-state index contributed by atoms with van der Waals surface area (Å²) in [4.78, 5) is 31.8. The molecule has 4 heterocycles. The van der Waals surface area contributed by atoms with Crippen LogP contribution >= 0.6 is 7.82 Å². The largest absolute Gasteiger partial charge is 0.530 e. The highest BCUT2D eigenvalue weighted by molar-refractivity contribution is 7.49. The molecular formula is C41H48F3N6O6P. The van der Waals surface area contributed by atoms with Gasteiger partial charge < -0.3 is 19.1 Å². The second-order valence-electron chi connectivity index (χ2n) is 15.4. The number of likely N-dealkylation sites (tertiary alicyclic amines) is 2. The number of aromatic nitrogens is 3. The first-order valence-corrected chi connectivity index (χ1v) is 20.3. The third-order valence-corrected chi connectivity index (χ3v) is 12.0. The predicted molar refractivity (Wildman–Crippen MR) is 213 cm³/mol. The van der Waals surface area contributed by atoms with Crippen LogP contribution in [-0.2, 0) is 18.4 Å². The average molecular weight is 809 g/mol. The van der Waals surface area contributed by atoms with Crippen molar-refractivity contribution in [1.82, 2.24) is 24.8 Å². The maximum atomic E-state index is 17.4. The topological polar surface area (TPSA) is 119 Å². The zero-order valence-corrected chi connectivity index (χ0v) is 34.1. The SMILES string of the molecule is C#Cc1c(F)ccc2cc(OP(=O)(OC(C)C)OC(C)C)cc(-c3ncc4c(N(C)C[C@@H]5CCCN5C(=O)C=C)nc(OC[C@]5(C)C[C@@H](F)CN5C)nc4c3F)c12. The smallest absolute Gasteiger partial charge is 0.461 e. The van der Waals surface area contributed by atoms with Crippen molar-refractivity contribution in [3.05, 3.63) is 60.3 Å². The lowest BCUT2D eigenvalue weighted by molar-refractivity contribution is -0.126. The number of ether oxygens (including phenoxy) is 1. The zero-order valence-electron chi connectivity index (χ0n) is 33.2. The first-order chi connectivity index (χ1) is 27.0. The van der Waals surface area contributed by atoms with Gasteiger partial charge in [0.15, 0.2) is 5.82 Å². The van der Waals surface area contributed by atoms with Crippen LogP contribution in [0.2, 0.25) is 0 Å². The molecule has 304 valence electrons. The molecule has 0 unspecified atom stereocenters. The van der Waals surface area contributed by atoms with Crippen LogP contribution in [0.1, 0.15) is 59.4 Å². The van der Waals surface area contributed by atoms with Gasteiger partial charge in [0.25, 0.3) is 0 Å². The minimum absolute atomic E-state index is 0.00810. The van der Waals surface area contributed by atoms with E-state index in [1.54, 1.807) is 51.6 Å². The van der Waals surface area contributed by atoms with Gasteiger partial charge in [0.1, 0.15) is 41.4 Å². The summed E-state index contributed by atoms with van der Waals surface area (Å²) in [6.07, 6.45) is 8.11. The van der Waals surface area contributed by atoms with Crippen molar-refractivity contribution in [2.75, 3.05) is 45.2 Å². The Morgan fingerprint density at radius 2 is 1.91 bits per heavy atom. The number of halogens is 3. The highest BCUT2D eigenvalue weighted by atomic mass is 31.2. The highest BCUT2D eigenvalue weighted by Crippen LogP contribution is 2.53. The first kappa shape index (κ1) is 41.9. The van der Waals surface area contributed by atoms with Crippen LogP contribution in [0, 0.1) is 24.0 Å². The van der Waals surface area contributed by atoms with Crippen LogP contribution in [0.3, 0.4) is 0 Å². The Kier molecular flexibility index (Phi) is 12.2. The van der Waals surface area contributed by atoms with Crippen molar-refractivity contribution in [1.29, 1.82) is 0 Å². The van der Waals surface area contributed by atoms with Crippen LogP contribution < -0.4 is 14.2 Å². The van der Waals surface area contributed by atoms with E-state index in [0.717, 1.165) is 12.8 Å². The number of benzene rings is 2. The lowest BCUT2D eigenvalue weighted by Gasteiger charge is -2.31. The van der Waals surface area contributed by atoms with Crippen molar-refractivity contribution in [3.8, 4) is 35.4 Å². The second-order valence-corrected chi connectivity index (χ2v) is 16.9. The predicted octanol–water partition coefficient (Wildman–Crippen LogP) is 7.87. The first-order valence-electron chi connectivity index (χ1n) is 18.8. The van der Waals surface area contributed by atoms with Crippen LogP contribution in [0.25, 0.3) is 32.9 Å². The number of amides is 1. The Morgan fingerprint density at radius 1 is 1.19 bits per heavy atom. The van der Waals surface area contributed by atoms with E-state index < -0.39 is 43.4 Å². The van der Waals surface area contributed by atoms with E-state index in [0.29, 0.717) is 18.5 Å². The summed E-state index contributed by atoms with van der Waals surface area (Å²) in [5.74, 6) is 0.770. The molecule has 12 nitrogen and oxygen atoms in total. The third-order valence-electron chi connectivity index (χ3n) is 10.2. The van der Waals surface area contributed by atoms with E-state index in [9.17, 15) is 13.8 Å². The lowest BCUT2D eigenvalue weighted by Crippen LogP contribution is -2.43. The summed E-state index contributed by atoms with van der Waals surface area (Å²) in [5, 5.41) is 0.703. The Hall–Kier alpha value is -4.74. The number of carbonyl (C=O) groups excluding carboxylic acids is 1. The molecule has 2 aromatic carbocycles. The number of alkyl halides is 1. The molecule has 0 bridgehead atoms. The standard InChI is InChI=1S/C41H48F3N6O6P/c1-10-30-33(43)15-14-26-17-29(56-57(52,54-24(3)4)55-25(5)6)18-31(35(26)30)37-36(44)38-32(20-45-37)39(48(8)22-28-13-12-16-50(28)34(51)11-2)47-40(46-38)53-23-41(7)19-27(42)21-49(41)9/h1,11,14-15,17-18,20,24-25,27-28H,2,12-13,16,19,21-23H2,3-9H3/t27-,28+,41+/m1/s1. The van der Waals surface area contributed by atoms with Crippen LogP contribution in [0.15, 0.2) is 43.1 Å². The summed E-state index contributed by atoms with van der Waals surface area (Å²) >= 11 is 0. The van der Waals surface area contributed by atoms with Crippen molar-refractivity contribution >= 4 is 41.2 Å². The fourth-order valence-corrected chi connectivity index (χ4v) is 9.04. The maximum absolute atomic E-state index is 17.4. The van der Waals surface area contributed by atoms with Gasteiger partial charge >= 0.3 is 13.8 Å². The molecule has 2 aliphatic heterocycles. The van der Waals surface area contributed by atoms with E-state index >= 15 is 8.78 Å². The molecule has 0 saturated carbocycles. The van der Waals surface area contributed by atoms with E-state index in [1.807, 2.05) is 11.8 Å². The molecule has 1 amide bonds. The summed E-state index contributed by atoms with van der Waals surface area (Å²) in [6, 6.07) is 5.08. The van der Waals surface area contributed by atoms with E-state index in [2.05, 4.69) is 22.5 Å². The molecule has 6 rings (SSSR count). The van der Waals surface area contributed by atoms with Crippen LogP contribution in [0.5, 0.6) is 11.8 Å². The molecule has 2 aromatic heterocycles. The van der Waals surface area contributed by atoms with Gasteiger partial charge in [-0.2, -0.15) is 9.97 Å². The fourth-order valence-electron chi connectivity index (χ4n) is 7.51. The van der Waals surface area contributed by atoms with Gasteiger partial charge in [0, 0.05) is 56.3 Å². The number of hydrogen-bond acceptors (Lipinski definition) is 11. The van der Waals surface area contributed by atoms with Crippen LogP contribution in [-0.4, -0.2) is 101 Å². The maximum Gasteiger partial charge on any atom is 0.530 e. The summed E-state index contributed by atoms with van der Waals surface area (Å²) < 4.78 is 84.2. The molecule has 0 N–H and O–H groups in total. The monoisotopic (exact) mass is 808 g/mol. The number of pyridine rings is 1. The quantitative estimate of drug-likeness (QED) is 0.0704. The number of carbonyl (C=O) groups is 1. The van der Waals surface area contributed by atoms with Gasteiger partial charge in [-0.3, -0.25) is 23.7 Å². The Labute approximate surface area is 331 Å². The average Bonchev–Trinajstić information content (AvgIpc) is 3.70.